The number of aliphatic carboxylic acids is 2. The van der Waals surface area contributed by atoms with Gasteiger partial charge in [0.05, 0.1) is 9.61 Å². The monoisotopic (exact) mass is 458 g/mol. The molecule has 0 spiro atoms. The number of thioether (sulfide) groups is 2. The first-order valence-electron chi connectivity index (χ1n) is 8.41. The number of carbonyl (C=O) groups is 2. The van der Waals surface area contributed by atoms with E-state index in [0.29, 0.717) is 10.3 Å². The number of nitrogens with zero attached hydrogens (tertiary/aromatic N) is 1. The molecular formula is C15H26N2O8S3. The Morgan fingerprint density at radius 3 is 2.00 bits per heavy atom. The fourth-order valence-corrected chi connectivity index (χ4v) is 7.44. The lowest BCUT2D eigenvalue weighted by molar-refractivity contribution is -0.140. The third-order valence-electron chi connectivity index (χ3n) is 4.35. The van der Waals surface area contributed by atoms with Crippen molar-refractivity contribution in [2.24, 2.45) is 5.92 Å². The Labute approximate surface area is 172 Å². The molecule has 0 aliphatic carbocycles. The molecule has 162 valence electrons. The molecule has 13 heteroatoms. The van der Waals surface area contributed by atoms with Gasteiger partial charge in [-0.15, -0.1) is 0 Å². The predicted octanol–water partition coefficient (Wildman–Crippen LogP) is 1.57. The van der Waals surface area contributed by atoms with Gasteiger partial charge in [-0.1, -0.05) is 37.4 Å². The largest absolute Gasteiger partial charge is 0.477 e. The first-order chi connectivity index (χ1) is 12.6. The molecule has 2 rings (SSSR count). The number of hydrogen-bond donors (Lipinski definition) is 5. The summed E-state index contributed by atoms with van der Waals surface area (Å²) in [6.45, 7) is 11.4. The van der Waals surface area contributed by atoms with Gasteiger partial charge >= 0.3 is 22.3 Å². The lowest BCUT2D eigenvalue weighted by atomic mass is 9.95. The van der Waals surface area contributed by atoms with Crippen molar-refractivity contribution < 1.29 is 37.3 Å². The van der Waals surface area contributed by atoms with E-state index in [1.807, 2.05) is 0 Å². The van der Waals surface area contributed by atoms with Gasteiger partial charge in [0.2, 0.25) is 0 Å². The minimum Gasteiger partial charge on any atom is -0.477 e. The lowest BCUT2D eigenvalue weighted by Gasteiger charge is -2.55. The number of nitrogens with one attached hydrogen (secondary N) is 1. The summed E-state index contributed by atoms with van der Waals surface area (Å²) < 4.78 is 32.0. The van der Waals surface area contributed by atoms with Crippen LogP contribution in [0.25, 0.3) is 0 Å². The van der Waals surface area contributed by atoms with Crippen LogP contribution in [0, 0.1) is 5.92 Å². The number of hydrogen-bond acceptors (Lipinski definition) is 8. The minimum absolute atomic E-state index is 0.0326. The maximum atomic E-state index is 11.4. The highest BCUT2D eigenvalue weighted by Gasteiger charge is 2.58. The van der Waals surface area contributed by atoms with Crippen LogP contribution in [-0.2, 0) is 20.0 Å². The van der Waals surface area contributed by atoms with E-state index in [1.54, 1.807) is 0 Å². The molecule has 3 unspecified atom stereocenters. The Morgan fingerprint density at radius 2 is 1.64 bits per heavy atom. The Kier molecular flexibility index (Phi) is 8.39. The molecule has 2 aliphatic rings. The molecule has 3 atom stereocenters. The van der Waals surface area contributed by atoms with Gasteiger partial charge in [-0.05, 0) is 26.7 Å². The Hall–Kier alpha value is -0.830. The predicted molar refractivity (Wildman–Crippen MR) is 107 cm³/mol. The summed E-state index contributed by atoms with van der Waals surface area (Å²) in [6.07, 6.45) is 0. The normalized spacial score (nSPS) is 28.0. The second kappa shape index (κ2) is 9.32. The second-order valence-electron chi connectivity index (χ2n) is 6.99. The van der Waals surface area contributed by atoms with Crippen molar-refractivity contribution in [1.82, 2.24) is 10.2 Å². The number of piperazine rings is 1. The van der Waals surface area contributed by atoms with Crippen LogP contribution in [0.5, 0.6) is 0 Å². The fraction of sp³-hybridized carbons (Fsp3) is 0.733. The van der Waals surface area contributed by atoms with Crippen molar-refractivity contribution in [2.45, 2.75) is 56.9 Å². The average molecular weight is 459 g/mol. The fourth-order valence-electron chi connectivity index (χ4n) is 3.52. The molecule has 0 aromatic heterocycles. The summed E-state index contributed by atoms with van der Waals surface area (Å²) in [5.74, 6) is -2.53. The molecular weight excluding hydrogens is 432 g/mol. The smallest absolute Gasteiger partial charge is 0.394 e. The van der Waals surface area contributed by atoms with E-state index in [-0.39, 0.29) is 22.2 Å². The van der Waals surface area contributed by atoms with E-state index >= 15 is 0 Å². The zero-order valence-corrected chi connectivity index (χ0v) is 18.6. The quantitative estimate of drug-likeness (QED) is 0.179. The molecule has 2 fully saturated rings. The van der Waals surface area contributed by atoms with Gasteiger partial charge in [0.25, 0.3) is 0 Å². The van der Waals surface area contributed by atoms with Crippen molar-refractivity contribution in [3.63, 3.8) is 0 Å². The highest BCUT2D eigenvalue weighted by atomic mass is 32.3. The third kappa shape index (κ3) is 5.62. The van der Waals surface area contributed by atoms with Crippen LogP contribution in [0.3, 0.4) is 0 Å². The summed E-state index contributed by atoms with van der Waals surface area (Å²) in [7, 11) is -4.67. The zero-order chi connectivity index (χ0) is 22.0. The summed E-state index contributed by atoms with van der Waals surface area (Å²) in [5, 5.41) is 22.0. The molecule has 2 aliphatic heterocycles. The molecule has 0 aromatic carbocycles. The molecule has 0 bridgehead atoms. The number of carboxylic acids is 2. The molecule has 2 saturated heterocycles. The third-order valence-corrected chi connectivity index (χ3v) is 7.85. The minimum atomic E-state index is -4.67. The van der Waals surface area contributed by atoms with Crippen LogP contribution < -0.4 is 5.32 Å². The van der Waals surface area contributed by atoms with Crippen LogP contribution in [0.15, 0.2) is 9.81 Å². The van der Waals surface area contributed by atoms with Gasteiger partial charge in [0, 0.05) is 18.6 Å². The van der Waals surface area contributed by atoms with Gasteiger partial charge < -0.3 is 15.5 Å². The van der Waals surface area contributed by atoms with Crippen LogP contribution in [0.4, 0.5) is 0 Å². The molecule has 0 aromatic rings. The molecule has 5 N–H and O–H groups in total. The van der Waals surface area contributed by atoms with E-state index in [0.717, 1.165) is 6.54 Å². The summed E-state index contributed by atoms with van der Waals surface area (Å²) in [6, 6.07) is 0.571. The molecule has 2 heterocycles. The van der Waals surface area contributed by atoms with Crippen LogP contribution >= 0.6 is 23.5 Å². The van der Waals surface area contributed by atoms with Gasteiger partial charge in [0.15, 0.2) is 5.57 Å². The molecule has 28 heavy (non-hydrogen) atoms. The maximum Gasteiger partial charge on any atom is 0.394 e. The SMILES string of the molecule is CC(C)N1C(C)CNC2SC(=C(C(=O)O)C(=O)O)SC21C(C)C.O=S(=O)(O)O. The first-order valence-corrected chi connectivity index (χ1v) is 11.5. The van der Waals surface area contributed by atoms with Crippen LogP contribution in [-0.4, -0.2) is 73.4 Å². The van der Waals surface area contributed by atoms with Crippen LogP contribution in [0.2, 0.25) is 0 Å². The van der Waals surface area contributed by atoms with Crippen LogP contribution in [0.1, 0.15) is 34.6 Å². The lowest BCUT2D eigenvalue weighted by Crippen LogP contribution is -2.69. The molecule has 0 saturated carbocycles. The molecule has 10 nitrogen and oxygen atoms in total. The average Bonchev–Trinajstić information content (AvgIpc) is 2.83. The molecule has 0 amide bonds. The van der Waals surface area contributed by atoms with E-state index in [1.165, 1.54) is 23.5 Å². The maximum absolute atomic E-state index is 11.4. The molecule has 0 radical (unpaired) electrons. The van der Waals surface area contributed by atoms with E-state index in [9.17, 15) is 19.8 Å². The van der Waals surface area contributed by atoms with E-state index in [2.05, 4.69) is 44.8 Å². The van der Waals surface area contributed by atoms with E-state index < -0.39 is 27.9 Å². The van der Waals surface area contributed by atoms with Gasteiger partial charge in [-0.25, -0.2) is 9.59 Å². The summed E-state index contributed by atoms with van der Waals surface area (Å²) >= 11 is 2.74. The summed E-state index contributed by atoms with van der Waals surface area (Å²) in [5.41, 5.74) is -0.521. The topological polar surface area (TPSA) is 164 Å². The van der Waals surface area contributed by atoms with Crippen molar-refractivity contribution >= 4 is 45.9 Å². The number of rotatable bonds is 4. The van der Waals surface area contributed by atoms with Gasteiger partial charge in [0.1, 0.15) is 4.87 Å². The highest BCUT2D eigenvalue weighted by molar-refractivity contribution is 8.26. The van der Waals surface area contributed by atoms with Gasteiger partial charge in [-0.3, -0.25) is 14.0 Å². The second-order valence-corrected chi connectivity index (χ2v) is 10.5. The Balaban J connectivity index is 0.000000696. The zero-order valence-electron chi connectivity index (χ0n) is 16.1. The Morgan fingerprint density at radius 1 is 1.18 bits per heavy atom. The van der Waals surface area contributed by atoms with Gasteiger partial charge in [-0.2, -0.15) is 8.42 Å². The first kappa shape index (κ1) is 25.2. The Bertz CT molecular complexity index is 728. The number of carboxylic acid groups (broad SMARTS) is 2. The summed E-state index contributed by atoms with van der Waals surface area (Å²) in [4.78, 5) is 24.8. The standard InChI is InChI=1S/C15H24N2O4S2.H2O4S/c1-7(2)15-14(16-6-9(5)17(15)8(3)4)22-13(23-15)10(11(18)19)12(20)21;1-5(2,3)4/h7-9,14,16H,6H2,1-5H3,(H,18,19)(H,20,21);(H2,1,2,3,4). The van der Waals surface area contributed by atoms with Crippen molar-refractivity contribution in [3.05, 3.63) is 9.81 Å². The highest BCUT2D eigenvalue weighted by Crippen LogP contribution is 2.60. The van der Waals surface area contributed by atoms with Crippen molar-refractivity contribution in [3.8, 4) is 0 Å². The van der Waals surface area contributed by atoms with Crippen molar-refractivity contribution in [1.29, 1.82) is 0 Å². The van der Waals surface area contributed by atoms with Crippen molar-refractivity contribution in [2.75, 3.05) is 6.54 Å². The van der Waals surface area contributed by atoms with E-state index in [4.69, 9.17) is 17.5 Å². The number of fused-ring (bicyclic) bond motifs is 1.